The summed E-state index contributed by atoms with van der Waals surface area (Å²) >= 11 is 0. The van der Waals surface area contributed by atoms with E-state index in [0.717, 1.165) is 6.54 Å². The molecule has 2 nitrogen and oxygen atoms in total. The first-order chi connectivity index (χ1) is 10.2. The smallest absolute Gasteiger partial charge is 0.0358 e. The molecule has 2 heteroatoms. The van der Waals surface area contributed by atoms with Crippen molar-refractivity contribution in [3.8, 4) is 0 Å². The van der Waals surface area contributed by atoms with Crippen molar-refractivity contribution in [3.05, 3.63) is 35.9 Å². The Labute approximate surface area is 131 Å². The van der Waals surface area contributed by atoms with Gasteiger partial charge in [-0.3, -0.25) is 0 Å². The third-order valence-electron chi connectivity index (χ3n) is 3.97. The summed E-state index contributed by atoms with van der Waals surface area (Å²) in [5.74, 6) is 0.622. The summed E-state index contributed by atoms with van der Waals surface area (Å²) in [4.78, 5) is 2.62. The highest BCUT2D eigenvalue weighted by molar-refractivity contribution is 5.19. The Morgan fingerprint density at radius 2 is 1.57 bits per heavy atom. The quantitative estimate of drug-likeness (QED) is 0.646. The number of nitrogens with zero attached hydrogens (tertiary/aromatic N) is 1. The molecule has 0 aliphatic heterocycles. The maximum atomic E-state index is 3.75. The van der Waals surface area contributed by atoms with E-state index in [1.165, 1.54) is 44.5 Å². The van der Waals surface area contributed by atoms with Gasteiger partial charge in [0.15, 0.2) is 0 Å². The van der Waals surface area contributed by atoms with E-state index in [2.05, 4.69) is 68.2 Å². The maximum Gasteiger partial charge on any atom is 0.0358 e. The summed E-state index contributed by atoms with van der Waals surface area (Å²) < 4.78 is 0. The fourth-order valence-electron chi connectivity index (χ4n) is 3.05. The Morgan fingerprint density at radius 3 is 2.10 bits per heavy atom. The second kappa shape index (κ2) is 10.8. The average molecular weight is 290 g/mol. The Morgan fingerprint density at radius 1 is 0.952 bits per heavy atom. The maximum absolute atomic E-state index is 3.75. The van der Waals surface area contributed by atoms with Gasteiger partial charge in [-0.05, 0) is 50.4 Å². The molecule has 1 aromatic rings. The lowest BCUT2D eigenvalue weighted by Gasteiger charge is -2.31. The van der Waals surface area contributed by atoms with Crippen LogP contribution in [0.3, 0.4) is 0 Å². The normalized spacial score (nSPS) is 14.3. The second-order valence-corrected chi connectivity index (χ2v) is 6.12. The molecular formula is C19H34N2. The van der Waals surface area contributed by atoms with Crippen molar-refractivity contribution in [2.45, 2.75) is 53.0 Å². The van der Waals surface area contributed by atoms with Crippen LogP contribution in [0.4, 0.5) is 0 Å². The van der Waals surface area contributed by atoms with Crippen LogP contribution in [0.2, 0.25) is 0 Å². The minimum absolute atomic E-state index is 0.461. The topological polar surface area (TPSA) is 15.3 Å². The Balaban J connectivity index is 2.72. The molecule has 1 N–H and O–H groups in total. The Bertz CT molecular complexity index is 344. The van der Waals surface area contributed by atoms with Crippen LogP contribution in [0.15, 0.2) is 30.3 Å². The zero-order valence-electron chi connectivity index (χ0n) is 14.4. The lowest BCUT2D eigenvalue weighted by molar-refractivity contribution is 0.211. The van der Waals surface area contributed by atoms with E-state index in [-0.39, 0.29) is 0 Å². The summed E-state index contributed by atoms with van der Waals surface area (Å²) in [5, 5.41) is 3.75. The molecule has 0 saturated heterocycles. The summed E-state index contributed by atoms with van der Waals surface area (Å²) in [6, 6.07) is 11.4. The van der Waals surface area contributed by atoms with Gasteiger partial charge in [0, 0.05) is 12.6 Å². The van der Waals surface area contributed by atoms with E-state index in [9.17, 15) is 0 Å². The summed E-state index contributed by atoms with van der Waals surface area (Å²) in [7, 11) is 0. The van der Waals surface area contributed by atoms with Crippen molar-refractivity contribution < 1.29 is 0 Å². The fourth-order valence-corrected chi connectivity index (χ4v) is 3.05. The molecule has 120 valence electrons. The van der Waals surface area contributed by atoms with Crippen LogP contribution in [0.1, 0.15) is 58.6 Å². The van der Waals surface area contributed by atoms with Crippen LogP contribution in [0.25, 0.3) is 0 Å². The Hall–Kier alpha value is -0.860. The summed E-state index contributed by atoms with van der Waals surface area (Å²) in [6.07, 6.45) is 3.67. The van der Waals surface area contributed by atoms with Crippen LogP contribution in [0, 0.1) is 5.92 Å². The highest BCUT2D eigenvalue weighted by atomic mass is 15.1. The molecule has 2 atom stereocenters. The lowest BCUT2D eigenvalue weighted by atomic mass is 9.93. The fraction of sp³-hybridized carbons (Fsp3) is 0.684. The lowest BCUT2D eigenvalue weighted by Crippen LogP contribution is -2.37. The van der Waals surface area contributed by atoms with E-state index < -0.39 is 0 Å². The van der Waals surface area contributed by atoms with E-state index in [1.807, 2.05) is 0 Å². The van der Waals surface area contributed by atoms with Gasteiger partial charge in [-0.1, -0.05) is 58.0 Å². The molecule has 1 aromatic carbocycles. The highest BCUT2D eigenvalue weighted by Crippen LogP contribution is 2.23. The van der Waals surface area contributed by atoms with Crippen LogP contribution in [-0.2, 0) is 0 Å². The predicted molar refractivity (Wildman–Crippen MR) is 93.7 cm³/mol. The molecule has 0 radical (unpaired) electrons. The summed E-state index contributed by atoms with van der Waals surface area (Å²) in [5.41, 5.74) is 1.42. The molecule has 0 aromatic heterocycles. The van der Waals surface area contributed by atoms with Crippen molar-refractivity contribution in [3.63, 3.8) is 0 Å². The zero-order valence-corrected chi connectivity index (χ0v) is 14.4. The molecule has 0 heterocycles. The van der Waals surface area contributed by atoms with Crippen molar-refractivity contribution in [1.29, 1.82) is 0 Å². The monoisotopic (exact) mass is 290 g/mol. The minimum atomic E-state index is 0.461. The second-order valence-electron chi connectivity index (χ2n) is 6.12. The van der Waals surface area contributed by atoms with Crippen LogP contribution < -0.4 is 5.32 Å². The van der Waals surface area contributed by atoms with E-state index in [1.54, 1.807) is 0 Å². The van der Waals surface area contributed by atoms with Gasteiger partial charge in [-0.2, -0.15) is 0 Å². The van der Waals surface area contributed by atoms with E-state index in [4.69, 9.17) is 0 Å². The molecule has 0 fully saturated rings. The van der Waals surface area contributed by atoms with Gasteiger partial charge in [0.05, 0.1) is 0 Å². The standard InChI is InChI=1S/C19H34N2/c1-5-13-20-19(18-11-9-8-10-12-18)17(4)16-21(14-6-2)15-7-3/h8-12,17,19-20H,5-7,13-16H2,1-4H3. The van der Waals surface area contributed by atoms with Gasteiger partial charge >= 0.3 is 0 Å². The van der Waals surface area contributed by atoms with Crippen molar-refractivity contribution in [2.75, 3.05) is 26.2 Å². The van der Waals surface area contributed by atoms with Gasteiger partial charge in [-0.15, -0.1) is 0 Å². The molecule has 0 saturated carbocycles. The van der Waals surface area contributed by atoms with Gasteiger partial charge in [0.2, 0.25) is 0 Å². The molecule has 2 unspecified atom stereocenters. The average Bonchev–Trinajstić information content (AvgIpc) is 2.49. The summed E-state index contributed by atoms with van der Waals surface area (Å²) in [6.45, 7) is 13.9. The number of hydrogen-bond acceptors (Lipinski definition) is 2. The molecule has 21 heavy (non-hydrogen) atoms. The van der Waals surface area contributed by atoms with Gasteiger partial charge in [-0.25, -0.2) is 0 Å². The predicted octanol–water partition coefficient (Wildman–Crippen LogP) is 4.49. The molecular weight excluding hydrogens is 256 g/mol. The zero-order chi connectivity index (χ0) is 15.5. The molecule has 0 amide bonds. The number of nitrogens with one attached hydrogen (secondary N) is 1. The van der Waals surface area contributed by atoms with Gasteiger partial charge in [0.25, 0.3) is 0 Å². The minimum Gasteiger partial charge on any atom is -0.310 e. The van der Waals surface area contributed by atoms with Crippen molar-refractivity contribution in [1.82, 2.24) is 10.2 Å². The first-order valence-electron chi connectivity index (χ1n) is 8.73. The number of benzene rings is 1. The van der Waals surface area contributed by atoms with Gasteiger partial charge in [0.1, 0.15) is 0 Å². The Kier molecular flexibility index (Phi) is 9.36. The third-order valence-corrected chi connectivity index (χ3v) is 3.97. The van der Waals surface area contributed by atoms with Gasteiger partial charge < -0.3 is 10.2 Å². The molecule has 0 aliphatic rings. The first kappa shape index (κ1) is 18.2. The van der Waals surface area contributed by atoms with E-state index in [0.29, 0.717) is 12.0 Å². The molecule has 1 rings (SSSR count). The van der Waals surface area contributed by atoms with E-state index >= 15 is 0 Å². The van der Waals surface area contributed by atoms with Crippen molar-refractivity contribution in [2.24, 2.45) is 5.92 Å². The highest BCUT2D eigenvalue weighted by Gasteiger charge is 2.20. The third kappa shape index (κ3) is 6.62. The number of hydrogen-bond donors (Lipinski definition) is 1. The molecule has 0 aliphatic carbocycles. The van der Waals surface area contributed by atoms with Crippen LogP contribution in [-0.4, -0.2) is 31.1 Å². The van der Waals surface area contributed by atoms with Crippen LogP contribution in [0.5, 0.6) is 0 Å². The molecule has 0 spiro atoms. The number of rotatable bonds is 11. The largest absolute Gasteiger partial charge is 0.310 e. The first-order valence-corrected chi connectivity index (χ1v) is 8.73. The van der Waals surface area contributed by atoms with Crippen molar-refractivity contribution >= 4 is 0 Å². The van der Waals surface area contributed by atoms with Crippen LogP contribution >= 0.6 is 0 Å². The molecule has 0 bridgehead atoms. The SMILES string of the molecule is CCCNC(c1ccccc1)C(C)CN(CCC)CCC.